The molecule has 2 aromatic rings. The molecule has 0 fully saturated rings. The van der Waals surface area contributed by atoms with Crippen LogP contribution >= 0.6 is 0 Å². The van der Waals surface area contributed by atoms with Gasteiger partial charge in [-0.05, 0) is 48.9 Å². The van der Waals surface area contributed by atoms with E-state index in [1.807, 2.05) is 0 Å². The fourth-order valence-corrected chi connectivity index (χ4v) is 1.74. The number of aryl methyl sites for hydroxylation is 1. The van der Waals surface area contributed by atoms with Crippen molar-refractivity contribution in [3.63, 3.8) is 0 Å². The molecule has 0 spiro atoms. The topological polar surface area (TPSA) is 33.0 Å². The number of halogens is 4. The van der Waals surface area contributed by atoms with Gasteiger partial charge in [0.15, 0.2) is 0 Å². The van der Waals surface area contributed by atoms with Gasteiger partial charge in [-0.15, -0.1) is 0 Å². The monoisotopic (exact) mass is 295 g/mol. The zero-order chi connectivity index (χ0) is 15.6. The van der Waals surface area contributed by atoms with Crippen LogP contribution in [0.2, 0.25) is 0 Å². The summed E-state index contributed by atoms with van der Waals surface area (Å²) in [7, 11) is 0. The van der Waals surface area contributed by atoms with E-state index in [1.165, 1.54) is 31.2 Å². The lowest BCUT2D eigenvalue weighted by Crippen LogP contribution is -2.07. The van der Waals surface area contributed by atoms with Crippen LogP contribution in [-0.4, -0.2) is 0 Å². The molecule has 0 atom stereocenters. The molecule has 0 heterocycles. The Morgan fingerprint density at radius 3 is 2.24 bits per heavy atom. The van der Waals surface area contributed by atoms with Crippen molar-refractivity contribution >= 4 is 0 Å². The summed E-state index contributed by atoms with van der Waals surface area (Å²) in [5.41, 5.74) is -1.20. The van der Waals surface area contributed by atoms with Crippen molar-refractivity contribution < 1.29 is 22.3 Å². The smallest absolute Gasteiger partial charge is 0.417 e. The quantitative estimate of drug-likeness (QED) is 0.744. The summed E-state index contributed by atoms with van der Waals surface area (Å²) in [5, 5.41) is 8.80. The summed E-state index contributed by atoms with van der Waals surface area (Å²) < 4.78 is 56.4. The number of hydrogen-bond donors (Lipinski definition) is 0. The summed E-state index contributed by atoms with van der Waals surface area (Å²) in [5.74, 6) is -0.0596. The molecule has 2 rings (SSSR count). The molecule has 0 saturated heterocycles. The highest BCUT2D eigenvalue weighted by molar-refractivity contribution is 5.46. The Morgan fingerprint density at radius 2 is 1.67 bits per heavy atom. The van der Waals surface area contributed by atoms with Crippen molar-refractivity contribution in [1.82, 2.24) is 0 Å². The van der Waals surface area contributed by atoms with Crippen molar-refractivity contribution in [1.29, 1.82) is 5.26 Å². The molecular weight excluding hydrogens is 286 g/mol. The van der Waals surface area contributed by atoms with Gasteiger partial charge in [-0.2, -0.15) is 18.4 Å². The van der Waals surface area contributed by atoms with Crippen LogP contribution in [0.4, 0.5) is 17.6 Å². The fourth-order valence-electron chi connectivity index (χ4n) is 1.74. The minimum Gasteiger partial charge on any atom is -0.457 e. The maximum Gasteiger partial charge on any atom is 0.417 e. The maximum atomic E-state index is 13.1. The number of nitriles is 1. The highest BCUT2D eigenvalue weighted by Crippen LogP contribution is 2.34. The first-order chi connectivity index (χ1) is 9.81. The average Bonchev–Trinajstić information content (AvgIpc) is 2.41. The molecule has 0 aliphatic rings. The number of rotatable bonds is 2. The van der Waals surface area contributed by atoms with Crippen LogP contribution in [0.25, 0.3) is 0 Å². The molecule has 0 N–H and O–H groups in total. The van der Waals surface area contributed by atoms with Gasteiger partial charge >= 0.3 is 6.18 Å². The van der Waals surface area contributed by atoms with Gasteiger partial charge in [0.25, 0.3) is 0 Å². The van der Waals surface area contributed by atoms with Gasteiger partial charge in [-0.25, -0.2) is 4.39 Å². The number of nitrogens with zero attached hydrogens (tertiary/aromatic N) is 1. The largest absolute Gasteiger partial charge is 0.457 e. The first kappa shape index (κ1) is 14.9. The van der Waals surface area contributed by atoms with E-state index in [1.54, 1.807) is 0 Å². The molecule has 2 aromatic carbocycles. The van der Waals surface area contributed by atoms with Crippen LogP contribution < -0.4 is 4.74 Å². The molecule has 0 radical (unpaired) electrons. The second-order valence-electron chi connectivity index (χ2n) is 4.33. The Labute approximate surface area is 118 Å². The standard InChI is InChI=1S/C15H9F4NO/c1-9-6-11(3-5-14(9)16)21-12-2-4-13(15(17,18)19)10(7-12)8-20/h2-7H,1H3. The summed E-state index contributed by atoms with van der Waals surface area (Å²) in [6, 6.07) is 8.35. The van der Waals surface area contributed by atoms with E-state index >= 15 is 0 Å². The molecule has 0 unspecified atom stereocenters. The number of benzene rings is 2. The predicted molar refractivity (Wildman–Crippen MR) is 67.4 cm³/mol. The minimum absolute atomic E-state index is 0.0746. The summed E-state index contributed by atoms with van der Waals surface area (Å²) >= 11 is 0. The van der Waals surface area contributed by atoms with E-state index in [4.69, 9.17) is 10.00 Å². The van der Waals surface area contributed by atoms with Gasteiger partial charge < -0.3 is 4.74 Å². The second-order valence-corrected chi connectivity index (χ2v) is 4.33. The normalized spacial score (nSPS) is 11.0. The molecule has 0 aromatic heterocycles. The fraction of sp³-hybridized carbons (Fsp3) is 0.133. The van der Waals surface area contributed by atoms with E-state index in [-0.39, 0.29) is 11.5 Å². The van der Waals surface area contributed by atoms with E-state index in [0.717, 1.165) is 18.2 Å². The third-order valence-electron chi connectivity index (χ3n) is 2.78. The van der Waals surface area contributed by atoms with Gasteiger partial charge in [-0.1, -0.05) is 0 Å². The van der Waals surface area contributed by atoms with E-state index in [2.05, 4.69) is 0 Å². The van der Waals surface area contributed by atoms with Gasteiger partial charge in [0.1, 0.15) is 17.3 Å². The molecule has 21 heavy (non-hydrogen) atoms. The lowest BCUT2D eigenvalue weighted by atomic mass is 10.1. The predicted octanol–water partition coefficient (Wildman–Crippen LogP) is 4.82. The van der Waals surface area contributed by atoms with Crippen LogP contribution in [0.3, 0.4) is 0 Å². The van der Waals surface area contributed by atoms with Crippen molar-refractivity contribution in [2.75, 3.05) is 0 Å². The summed E-state index contributed by atoms with van der Waals surface area (Å²) in [6.45, 7) is 1.54. The molecule has 0 saturated carbocycles. The Balaban J connectivity index is 2.34. The Bertz CT molecular complexity index is 717. The third-order valence-corrected chi connectivity index (χ3v) is 2.78. The number of alkyl halides is 3. The van der Waals surface area contributed by atoms with Crippen LogP contribution in [0.15, 0.2) is 36.4 Å². The van der Waals surface area contributed by atoms with Gasteiger partial charge in [-0.3, -0.25) is 0 Å². The lowest BCUT2D eigenvalue weighted by molar-refractivity contribution is -0.137. The van der Waals surface area contributed by atoms with E-state index in [0.29, 0.717) is 5.56 Å². The highest BCUT2D eigenvalue weighted by atomic mass is 19.4. The van der Waals surface area contributed by atoms with Crippen molar-refractivity contribution in [2.24, 2.45) is 0 Å². The molecule has 0 amide bonds. The van der Waals surface area contributed by atoms with Crippen LogP contribution in [-0.2, 0) is 6.18 Å². The maximum absolute atomic E-state index is 13.1. The Hall–Kier alpha value is -2.55. The van der Waals surface area contributed by atoms with Gasteiger partial charge in [0.05, 0.1) is 17.2 Å². The molecule has 6 heteroatoms. The molecule has 108 valence electrons. The van der Waals surface area contributed by atoms with Gasteiger partial charge in [0, 0.05) is 0 Å². The molecule has 0 aliphatic carbocycles. The van der Waals surface area contributed by atoms with Crippen molar-refractivity contribution in [3.05, 3.63) is 58.9 Å². The van der Waals surface area contributed by atoms with Crippen LogP contribution in [0.5, 0.6) is 11.5 Å². The Kier molecular flexibility index (Phi) is 3.85. The van der Waals surface area contributed by atoms with E-state index < -0.39 is 23.1 Å². The zero-order valence-corrected chi connectivity index (χ0v) is 10.8. The SMILES string of the molecule is Cc1cc(Oc2ccc(C(F)(F)F)c(C#N)c2)ccc1F. The zero-order valence-electron chi connectivity index (χ0n) is 10.8. The van der Waals surface area contributed by atoms with Crippen molar-refractivity contribution in [3.8, 4) is 17.6 Å². The first-order valence-corrected chi connectivity index (χ1v) is 5.86. The lowest BCUT2D eigenvalue weighted by Gasteiger charge is -2.11. The number of hydrogen-bond acceptors (Lipinski definition) is 2. The summed E-state index contributed by atoms with van der Waals surface area (Å²) in [4.78, 5) is 0. The second kappa shape index (κ2) is 5.44. The van der Waals surface area contributed by atoms with Crippen LogP contribution in [0, 0.1) is 24.1 Å². The molecule has 2 nitrogen and oxygen atoms in total. The van der Waals surface area contributed by atoms with Crippen LogP contribution in [0.1, 0.15) is 16.7 Å². The molecule has 0 bridgehead atoms. The molecular formula is C15H9F4NO. The average molecular weight is 295 g/mol. The highest BCUT2D eigenvalue weighted by Gasteiger charge is 2.33. The minimum atomic E-state index is -4.60. The van der Waals surface area contributed by atoms with Gasteiger partial charge in [0.2, 0.25) is 0 Å². The summed E-state index contributed by atoms with van der Waals surface area (Å²) in [6.07, 6.45) is -4.60. The number of ether oxygens (including phenoxy) is 1. The molecule has 0 aliphatic heterocycles. The Morgan fingerprint density at radius 1 is 1.05 bits per heavy atom. The van der Waals surface area contributed by atoms with E-state index in [9.17, 15) is 17.6 Å². The first-order valence-electron chi connectivity index (χ1n) is 5.86. The van der Waals surface area contributed by atoms with Crippen molar-refractivity contribution in [2.45, 2.75) is 13.1 Å². The third kappa shape index (κ3) is 3.31.